The van der Waals surface area contributed by atoms with Crippen molar-refractivity contribution in [2.75, 3.05) is 32.1 Å². The average molecular weight is 313 g/mol. The molecule has 120 valence electrons. The van der Waals surface area contributed by atoms with Crippen molar-refractivity contribution >= 4 is 23.7 Å². The standard InChI is InChI=1S/C15H27N3O2S/c1-11(2)18-13(19)15(16(4)14(18)20)6-8-17(9-7-15)12(3)10-21-5/h11-12H,6-10H2,1-5H3. The van der Waals surface area contributed by atoms with Crippen molar-refractivity contribution in [2.24, 2.45) is 0 Å². The summed E-state index contributed by atoms with van der Waals surface area (Å²) in [5.41, 5.74) is -0.600. The molecule has 0 aromatic heterocycles. The van der Waals surface area contributed by atoms with E-state index in [-0.39, 0.29) is 18.0 Å². The van der Waals surface area contributed by atoms with Crippen molar-refractivity contribution in [3.05, 3.63) is 0 Å². The van der Waals surface area contributed by atoms with Gasteiger partial charge in [0.2, 0.25) is 0 Å². The van der Waals surface area contributed by atoms with Crippen LogP contribution in [0.3, 0.4) is 0 Å². The number of carbonyl (C=O) groups excluding carboxylic acids is 2. The summed E-state index contributed by atoms with van der Waals surface area (Å²) in [5.74, 6) is 1.11. The Morgan fingerprint density at radius 3 is 2.19 bits per heavy atom. The Morgan fingerprint density at radius 2 is 1.76 bits per heavy atom. The predicted molar refractivity (Wildman–Crippen MR) is 86.5 cm³/mol. The molecule has 1 atom stereocenters. The van der Waals surface area contributed by atoms with E-state index >= 15 is 0 Å². The van der Waals surface area contributed by atoms with Crippen LogP contribution in [0, 0.1) is 0 Å². The van der Waals surface area contributed by atoms with Crippen LogP contribution < -0.4 is 0 Å². The van der Waals surface area contributed by atoms with Gasteiger partial charge in [-0.05, 0) is 39.9 Å². The lowest BCUT2D eigenvalue weighted by Crippen LogP contribution is -2.57. The lowest BCUT2D eigenvalue weighted by atomic mass is 9.85. The monoisotopic (exact) mass is 313 g/mol. The van der Waals surface area contributed by atoms with E-state index in [1.807, 2.05) is 25.6 Å². The first-order valence-electron chi connectivity index (χ1n) is 7.69. The van der Waals surface area contributed by atoms with Crippen LogP contribution in [0.5, 0.6) is 0 Å². The summed E-state index contributed by atoms with van der Waals surface area (Å²) in [4.78, 5) is 30.7. The molecule has 0 bridgehead atoms. The summed E-state index contributed by atoms with van der Waals surface area (Å²) >= 11 is 1.85. The van der Waals surface area contributed by atoms with E-state index in [1.165, 1.54) is 4.90 Å². The maximum atomic E-state index is 12.8. The van der Waals surface area contributed by atoms with Crippen LogP contribution in [-0.2, 0) is 4.79 Å². The number of piperidine rings is 1. The number of thioether (sulfide) groups is 1. The minimum atomic E-state index is -0.600. The van der Waals surface area contributed by atoms with Gasteiger partial charge in [-0.25, -0.2) is 4.79 Å². The minimum Gasteiger partial charge on any atom is -0.312 e. The topological polar surface area (TPSA) is 43.9 Å². The zero-order valence-electron chi connectivity index (χ0n) is 13.8. The molecule has 2 aliphatic heterocycles. The van der Waals surface area contributed by atoms with Gasteiger partial charge in [0, 0.05) is 38.0 Å². The first-order valence-corrected chi connectivity index (χ1v) is 9.09. The predicted octanol–water partition coefficient (Wildman–Crippen LogP) is 1.87. The summed E-state index contributed by atoms with van der Waals surface area (Å²) in [7, 11) is 1.78. The molecule has 2 fully saturated rings. The Bertz CT molecular complexity index is 419. The minimum absolute atomic E-state index is 0.00201. The fourth-order valence-electron chi connectivity index (χ4n) is 3.49. The van der Waals surface area contributed by atoms with Crippen LogP contribution in [0.4, 0.5) is 4.79 Å². The highest BCUT2D eigenvalue weighted by Crippen LogP contribution is 2.37. The van der Waals surface area contributed by atoms with Gasteiger partial charge in [-0.2, -0.15) is 11.8 Å². The maximum absolute atomic E-state index is 12.8. The maximum Gasteiger partial charge on any atom is 0.327 e. The molecular weight excluding hydrogens is 286 g/mol. The zero-order valence-corrected chi connectivity index (χ0v) is 14.6. The van der Waals surface area contributed by atoms with Gasteiger partial charge in [-0.3, -0.25) is 14.6 Å². The van der Waals surface area contributed by atoms with Crippen molar-refractivity contribution < 1.29 is 9.59 Å². The second-order valence-corrected chi connectivity index (χ2v) is 7.39. The summed E-state index contributed by atoms with van der Waals surface area (Å²) in [5, 5.41) is 0. The van der Waals surface area contributed by atoms with Crippen LogP contribution in [0.25, 0.3) is 0 Å². The third-order valence-electron chi connectivity index (χ3n) is 4.92. The number of imide groups is 1. The summed E-state index contributed by atoms with van der Waals surface area (Å²) < 4.78 is 0. The summed E-state index contributed by atoms with van der Waals surface area (Å²) in [6.45, 7) is 7.81. The van der Waals surface area contributed by atoms with Crippen molar-refractivity contribution in [2.45, 2.75) is 51.2 Å². The van der Waals surface area contributed by atoms with Gasteiger partial charge in [0.1, 0.15) is 5.54 Å². The second-order valence-electron chi connectivity index (χ2n) is 6.48. The van der Waals surface area contributed by atoms with E-state index in [9.17, 15) is 9.59 Å². The Labute approximate surface area is 132 Å². The van der Waals surface area contributed by atoms with Gasteiger partial charge in [0.05, 0.1) is 0 Å². The average Bonchev–Trinajstić information content (AvgIpc) is 2.62. The van der Waals surface area contributed by atoms with Crippen LogP contribution >= 0.6 is 11.8 Å². The van der Waals surface area contributed by atoms with Crippen LogP contribution in [0.15, 0.2) is 0 Å². The first-order chi connectivity index (χ1) is 9.85. The summed E-state index contributed by atoms with van der Waals surface area (Å²) in [6.07, 6.45) is 3.61. The van der Waals surface area contributed by atoms with Gasteiger partial charge >= 0.3 is 6.03 Å². The number of hydrogen-bond acceptors (Lipinski definition) is 4. The SMILES string of the molecule is CSCC(C)N1CCC2(CC1)C(=O)N(C(C)C)C(=O)N2C. The largest absolute Gasteiger partial charge is 0.327 e. The Kier molecular flexibility index (Phi) is 4.88. The number of hydrogen-bond donors (Lipinski definition) is 0. The number of likely N-dealkylation sites (N-methyl/N-ethyl adjacent to an activating group) is 1. The van der Waals surface area contributed by atoms with Crippen LogP contribution in [-0.4, -0.2) is 76.4 Å². The zero-order chi connectivity index (χ0) is 15.8. The number of urea groups is 1. The fourth-order valence-corrected chi connectivity index (χ4v) is 4.18. The Morgan fingerprint density at radius 1 is 1.19 bits per heavy atom. The fraction of sp³-hybridized carbons (Fsp3) is 0.867. The number of likely N-dealkylation sites (tertiary alicyclic amines) is 1. The molecular formula is C15H27N3O2S. The normalized spacial score (nSPS) is 24.5. The lowest BCUT2D eigenvalue weighted by Gasteiger charge is -2.42. The highest BCUT2D eigenvalue weighted by Gasteiger charge is 2.57. The third-order valence-corrected chi connectivity index (χ3v) is 5.74. The number of amides is 3. The van der Waals surface area contributed by atoms with E-state index < -0.39 is 5.54 Å². The van der Waals surface area contributed by atoms with E-state index in [0.717, 1.165) is 31.7 Å². The highest BCUT2D eigenvalue weighted by molar-refractivity contribution is 7.98. The summed E-state index contributed by atoms with van der Waals surface area (Å²) in [6, 6.07) is 0.317. The van der Waals surface area contributed by atoms with Crippen LogP contribution in [0.2, 0.25) is 0 Å². The molecule has 0 radical (unpaired) electrons. The van der Waals surface area contributed by atoms with Gasteiger partial charge in [0.15, 0.2) is 0 Å². The molecule has 2 heterocycles. The van der Waals surface area contributed by atoms with Gasteiger partial charge in [0.25, 0.3) is 5.91 Å². The van der Waals surface area contributed by atoms with E-state index in [4.69, 9.17) is 0 Å². The molecule has 5 nitrogen and oxygen atoms in total. The third kappa shape index (κ3) is 2.68. The molecule has 0 aliphatic carbocycles. The Balaban J connectivity index is 2.12. The van der Waals surface area contributed by atoms with E-state index in [2.05, 4.69) is 18.1 Å². The molecule has 2 rings (SSSR count). The highest BCUT2D eigenvalue weighted by atomic mass is 32.2. The molecule has 1 spiro atoms. The van der Waals surface area contributed by atoms with Crippen LogP contribution in [0.1, 0.15) is 33.6 Å². The number of rotatable bonds is 4. The number of nitrogens with zero attached hydrogens (tertiary/aromatic N) is 3. The molecule has 0 N–H and O–H groups in total. The van der Waals surface area contributed by atoms with Crippen molar-refractivity contribution in [3.8, 4) is 0 Å². The lowest BCUT2D eigenvalue weighted by molar-refractivity contribution is -0.136. The molecule has 3 amide bonds. The van der Waals surface area contributed by atoms with E-state index in [0.29, 0.717) is 6.04 Å². The smallest absolute Gasteiger partial charge is 0.312 e. The van der Waals surface area contributed by atoms with Gasteiger partial charge in [-0.1, -0.05) is 0 Å². The quantitative estimate of drug-likeness (QED) is 0.743. The van der Waals surface area contributed by atoms with Crippen molar-refractivity contribution in [1.82, 2.24) is 14.7 Å². The molecule has 1 unspecified atom stereocenters. The molecule has 21 heavy (non-hydrogen) atoms. The molecule has 0 saturated carbocycles. The first kappa shape index (κ1) is 16.6. The molecule has 0 aromatic carbocycles. The molecule has 6 heteroatoms. The molecule has 0 aromatic rings. The van der Waals surface area contributed by atoms with Gasteiger partial charge in [-0.15, -0.1) is 0 Å². The number of carbonyl (C=O) groups is 2. The second kappa shape index (κ2) is 6.16. The molecule has 2 saturated heterocycles. The van der Waals surface area contributed by atoms with Crippen molar-refractivity contribution in [1.29, 1.82) is 0 Å². The molecule has 2 aliphatic rings. The van der Waals surface area contributed by atoms with Gasteiger partial charge < -0.3 is 4.90 Å². The Hall–Kier alpha value is -0.750. The van der Waals surface area contributed by atoms with Crippen molar-refractivity contribution in [3.63, 3.8) is 0 Å². The van der Waals surface area contributed by atoms with E-state index in [1.54, 1.807) is 11.9 Å².